The van der Waals surface area contributed by atoms with Crippen molar-refractivity contribution in [2.45, 2.75) is 13.8 Å². The van der Waals surface area contributed by atoms with Crippen molar-refractivity contribution < 1.29 is 24.1 Å². The van der Waals surface area contributed by atoms with E-state index in [1.807, 2.05) is 30.5 Å². The number of hydrogen-bond donors (Lipinski definition) is 1. The Balaban J connectivity index is 1.52. The van der Waals surface area contributed by atoms with Crippen molar-refractivity contribution in [3.05, 3.63) is 113 Å². The van der Waals surface area contributed by atoms with E-state index in [1.54, 1.807) is 24.3 Å². The number of aromatic nitrogens is 1. The third-order valence-electron chi connectivity index (χ3n) is 5.92. The number of ether oxygens (including phenoxy) is 2. The van der Waals surface area contributed by atoms with E-state index in [-0.39, 0.29) is 27.8 Å². The van der Waals surface area contributed by atoms with Crippen LogP contribution in [0.25, 0.3) is 5.69 Å². The first kappa shape index (κ1) is 29.2. The molecule has 0 fully saturated rings. The number of hydrazone groups is 1. The number of nitrogens with zero attached hydrogens (tertiary/aromatic N) is 4. The van der Waals surface area contributed by atoms with Gasteiger partial charge in [0.15, 0.2) is 11.5 Å². The van der Waals surface area contributed by atoms with E-state index in [1.165, 1.54) is 19.4 Å². The van der Waals surface area contributed by atoms with E-state index in [9.17, 15) is 25.0 Å². The molecular weight excluding hydrogens is 622 g/mol. The third kappa shape index (κ3) is 6.36. The monoisotopic (exact) mass is 641 g/mol. The molecule has 3 aromatic carbocycles. The number of amides is 1. The highest BCUT2D eigenvalue weighted by atomic mass is 79.9. The van der Waals surface area contributed by atoms with Crippen LogP contribution in [0.4, 0.5) is 11.4 Å². The molecule has 4 rings (SSSR count). The van der Waals surface area contributed by atoms with E-state index < -0.39 is 27.1 Å². The van der Waals surface area contributed by atoms with Gasteiger partial charge >= 0.3 is 5.69 Å². The number of nitro groups is 2. The van der Waals surface area contributed by atoms with Gasteiger partial charge in [0.2, 0.25) is 5.75 Å². The van der Waals surface area contributed by atoms with Gasteiger partial charge in [-0.1, -0.05) is 11.6 Å². The summed E-state index contributed by atoms with van der Waals surface area (Å²) in [4.78, 5) is 33.7. The Kier molecular flexibility index (Phi) is 8.69. The Morgan fingerprint density at radius 3 is 2.32 bits per heavy atom. The molecule has 0 aliphatic heterocycles. The van der Waals surface area contributed by atoms with Crippen molar-refractivity contribution in [3.63, 3.8) is 0 Å². The summed E-state index contributed by atoms with van der Waals surface area (Å²) in [6.45, 7) is 3.95. The van der Waals surface area contributed by atoms with Crippen molar-refractivity contribution in [2.75, 3.05) is 7.11 Å². The number of non-ortho nitro benzene ring substituents is 1. The highest BCUT2D eigenvalue weighted by molar-refractivity contribution is 9.10. The molecule has 1 amide bonds. The lowest BCUT2D eigenvalue weighted by Crippen LogP contribution is -2.18. The second kappa shape index (κ2) is 12.2. The molecule has 0 bridgehead atoms. The average molecular weight is 643 g/mol. The Morgan fingerprint density at radius 1 is 1.00 bits per heavy atom. The Bertz CT molecular complexity index is 1700. The molecule has 210 valence electrons. The van der Waals surface area contributed by atoms with Crippen LogP contribution in [0.3, 0.4) is 0 Å². The van der Waals surface area contributed by atoms with E-state index >= 15 is 0 Å². The van der Waals surface area contributed by atoms with Crippen LogP contribution < -0.4 is 14.9 Å². The van der Waals surface area contributed by atoms with E-state index in [0.717, 1.165) is 35.3 Å². The maximum Gasteiger partial charge on any atom is 0.318 e. The Morgan fingerprint density at radius 2 is 1.71 bits per heavy atom. The van der Waals surface area contributed by atoms with Crippen LogP contribution in [-0.2, 0) is 0 Å². The fourth-order valence-corrected chi connectivity index (χ4v) is 4.80. The molecule has 1 heterocycles. The van der Waals surface area contributed by atoms with Crippen molar-refractivity contribution in [2.24, 2.45) is 5.10 Å². The van der Waals surface area contributed by atoms with Crippen LogP contribution in [0.15, 0.2) is 70.2 Å². The summed E-state index contributed by atoms with van der Waals surface area (Å²) in [6, 6.07) is 15.2. The van der Waals surface area contributed by atoms with Gasteiger partial charge in [0.25, 0.3) is 11.6 Å². The largest absolute Gasteiger partial charge is 0.493 e. The fourth-order valence-electron chi connectivity index (χ4n) is 4.00. The summed E-state index contributed by atoms with van der Waals surface area (Å²) in [7, 11) is 1.37. The molecule has 0 aliphatic rings. The summed E-state index contributed by atoms with van der Waals surface area (Å²) in [5.41, 5.74) is 5.00. The summed E-state index contributed by atoms with van der Waals surface area (Å²) < 4.78 is 13.4. The van der Waals surface area contributed by atoms with E-state index in [4.69, 9.17) is 21.1 Å². The van der Waals surface area contributed by atoms with Crippen LogP contribution in [0, 0.1) is 34.1 Å². The molecular formula is C27H21BrClN5O7. The normalized spacial score (nSPS) is 11.0. The van der Waals surface area contributed by atoms with Crippen LogP contribution >= 0.6 is 27.5 Å². The minimum absolute atomic E-state index is 0.0886. The van der Waals surface area contributed by atoms with Gasteiger partial charge in [-0.2, -0.15) is 5.10 Å². The molecule has 41 heavy (non-hydrogen) atoms. The maximum absolute atomic E-state index is 12.7. The first-order valence-corrected chi connectivity index (χ1v) is 12.9. The molecule has 1 aromatic heterocycles. The van der Waals surface area contributed by atoms with E-state index in [0.29, 0.717) is 10.0 Å². The zero-order chi connectivity index (χ0) is 29.8. The molecule has 0 spiro atoms. The summed E-state index contributed by atoms with van der Waals surface area (Å²) in [6.07, 6.45) is 1.36. The van der Waals surface area contributed by atoms with Gasteiger partial charge in [-0.15, -0.1) is 0 Å². The molecule has 0 aliphatic carbocycles. The van der Waals surface area contributed by atoms with Gasteiger partial charge in [0.1, 0.15) is 0 Å². The molecule has 0 saturated carbocycles. The summed E-state index contributed by atoms with van der Waals surface area (Å²) >= 11 is 9.75. The standard InChI is InChI=1S/C27H21BrClN5O7/c1-15-4-5-16(2)32(15)18-6-8-20(22(29)12-18)27(35)31-30-14-17-10-21(28)26(25(11-17)40-3)41-24-9-7-19(33(36)37)13-23(24)34(38)39/h4-14H,1-3H3,(H,31,35). The Labute approximate surface area is 246 Å². The lowest BCUT2D eigenvalue weighted by atomic mass is 10.2. The molecule has 1 N–H and O–H groups in total. The van der Waals surface area contributed by atoms with Crippen LogP contribution in [0.5, 0.6) is 17.2 Å². The smallest absolute Gasteiger partial charge is 0.318 e. The molecule has 14 heteroatoms. The lowest BCUT2D eigenvalue weighted by Gasteiger charge is -2.13. The van der Waals surface area contributed by atoms with Crippen molar-refractivity contribution in [1.82, 2.24) is 9.99 Å². The van der Waals surface area contributed by atoms with E-state index in [2.05, 4.69) is 26.5 Å². The SMILES string of the molecule is COc1cc(C=NNC(=O)c2ccc(-n3c(C)ccc3C)cc2Cl)cc(Br)c1Oc1ccc([N+](=O)[O-])cc1[N+](=O)[O-]. The van der Waals surface area contributed by atoms with Crippen molar-refractivity contribution in [1.29, 1.82) is 0 Å². The highest BCUT2D eigenvalue weighted by Crippen LogP contribution is 2.42. The number of rotatable bonds is 9. The highest BCUT2D eigenvalue weighted by Gasteiger charge is 2.23. The number of nitrogens with one attached hydrogen (secondary N) is 1. The number of halogens is 2. The quantitative estimate of drug-likeness (QED) is 0.119. The molecule has 4 aromatic rings. The fraction of sp³-hybridized carbons (Fsp3) is 0.111. The predicted molar refractivity (Wildman–Crippen MR) is 156 cm³/mol. The number of methoxy groups -OCH3 is 1. The first-order chi connectivity index (χ1) is 19.5. The minimum atomic E-state index is -0.783. The molecule has 12 nitrogen and oxygen atoms in total. The summed E-state index contributed by atoms with van der Waals surface area (Å²) in [5.74, 6) is -0.479. The van der Waals surface area contributed by atoms with Crippen LogP contribution in [-0.4, -0.2) is 33.6 Å². The van der Waals surface area contributed by atoms with Crippen LogP contribution in [0.1, 0.15) is 27.3 Å². The number of benzene rings is 3. The van der Waals surface area contributed by atoms with Crippen molar-refractivity contribution in [3.8, 4) is 22.9 Å². The first-order valence-electron chi connectivity index (χ1n) is 11.8. The van der Waals surface area contributed by atoms with Gasteiger partial charge < -0.3 is 14.0 Å². The minimum Gasteiger partial charge on any atom is -0.493 e. The zero-order valence-corrected chi connectivity index (χ0v) is 24.1. The van der Waals surface area contributed by atoms with Gasteiger partial charge in [-0.25, -0.2) is 5.43 Å². The van der Waals surface area contributed by atoms with Crippen molar-refractivity contribution >= 4 is 51.0 Å². The average Bonchev–Trinajstić information content (AvgIpc) is 3.27. The predicted octanol–water partition coefficient (Wildman–Crippen LogP) is 6.89. The lowest BCUT2D eigenvalue weighted by molar-refractivity contribution is -0.394. The number of carbonyl (C=O) groups excluding carboxylic acids is 1. The molecule has 0 unspecified atom stereocenters. The number of nitro benzene ring substituents is 2. The van der Waals surface area contributed by atoms with Gasteiger partial charge in [0.05, 0.1) is 44.3 Å². The Hall–Kier alpha value is -4.75. The molecule has 0 saturated heterocycles. The summed E-state index contributed by atoms with van der Waals surface area (Å²) in [5, 5.41) is 26.7. The topological polar surface area (TPSA) is 151 Å². The van der Waals surface area contributed by atoms with Gasteiger partial charge in [-0.05, 0) is 83.9 Å². The number of hydrogen-bond acceptors (Lipinski definition) is 8. The number of carbonyl (C=O) groups is 1. The van der Waals surface area contributed by atoms with Gasteiger partial charge in [-0.3, -0.25) is 25.0 Å². The maximum atomic E-state index is 12.7. The third-order valence-corrected chi connectivity index (χ3v) is 6.82. The van der Waals surface area contributed by atoms with Crippen LogP contribution in [0.2, 0.25) is 5.02 Å². The second-order valence-corrected chi connectivity index (χ2v) is 9.88. The van der Waals surface area contributed by atoms with Gasteiger partial charge in [0, 0.05) is 23.1 Å². The number of aryl methyl sites for hydroxylation is 2. The zero-order valence-electron chi connectivity index (χ0n) is 21.8. The second-order valence-electron chi connectivity index (χ2n) is 8.62. The molecule has 0 atom stereocenters. The molecule has 0 radical (unpaired) electrons.